The molecule has 0 saturated carbocycles. The lowest BCUT2D eigenvalue weighted by Gasteiger charge is -2.37. The Bertz CT molecular complexity index is 657. The fourth-order valence-electron chi connectivity index (χ4n) is 2.95. The summed E-state index contributed by atoms with van der Waals surface area (Å²) in [5.41, 5.74) is -1.52. The topological polar surface area (TPSA) is 101 Å². The van der Waals surface area contributed by atoms with Crippen molar-refractivity contribution in [3.05, 3.63) is 0 Å². The largest absolute Gasteiger partial charge is 0.332 e. The van der Waals surface area contributed by atoms with Crippen LogP contribution in [0.2, 0.25) is 0 Å². The molecule has 2 aliphatic heterocycles. The van der Waals surface area contributed by atoms with Crippen LogP contribution < -0.4 is 5.32 Å². The molecule has 1 N–H and O–H groups in total. The molecular formula is C12H22N2O5S2. The third kappa shape index (κ3) is 3.50. The second-order valence-electron chi connectivity index (χ2n) is 6.73. The molecule has 21 heavy (non-hydrogen) atoms. The van der Waals surface area contributed by atoms with Gasteiger partial charge in [-0.25, -0.2) is 21.6 Å². The summed E-state index contributed by atoms with van der Waals surface area (Å²) in [6.45, 7) is 3.45. The van der Waals surface area contributed by atoms with Crippen LogP contribution in [0.25, 0.3) is 0 Å². The van der Waals surface area contributed by atoms with Crippen molar-refractivity contribution in [2.45, 2.75) is 37.8 Å². The fraction of sp³-hybridized carbons (Fsp3) is 0.917. The van der Waals surface area contributed by atoms with Crippen LogP contribution in [0.5, 0.6) is 0 Å². The number of rotatable bonds is 2. The van der Waals surface area contributed by atoms with Crippen LogP contribution in [0.3, 0.4) is 0 Å². The molecule has 2 heterocycles. The van der Waals surface area contributed by atoms with Gasteiger partial charge in [-0.05, 0) is 26.7 Å². The number of nitrogens with one attached hydrogen (secondary N) is 1. The first-order valence-electron chi connectivity index (χ1n) is 6.83. The van der Waals surface area contributed by atoms with Crippen LogP contribution in [0.4, 0.5) is 4.79 Å². The van der Waals surface area contributed by atoms with Crippen molar-refractivity contribution in [1.82, 2.24) is 10.2 Å². The highest BCUT2D eigenvalue weighted by molar-refractivity contribution is 7.92. The number of amides is 2. The maximum atomic E-state index is 12.3. The number of nitrogens with zero attached hydrogens (tertiary/aromatic N) is 1. The first kappa shape index (κ1) is 16.5. The summed E-state index contributed by atoms with van der Waals surface area (Å²) in [5.74, 6) is 0.0133. The summed E-state index contributed by atoms with van der Waals surface area (Å²) in [5, 5.41) is 2.75. The maximum absolute atomic E-state index is 12.3. The number of carbonyl (C=O) groups is 1. The van der Waals surface area contributed by atoms with Gasteiger partial charge in [0.05, 0.1) is 34.1 Å². The zero-order valence-electron chi connectivity index (χ0n) is 12.5. The van der Waals surface area contributed by atoms with Gasteiger partial charge in [0.1, 0.15) is 0 Å². The molecule has 7 nitrogen and oxygen atoms in total. The summed E-state index contributed by atoms with van der Waals surface area (Å²) in [4.78, 5) is 13.7. The van der Waals surface area contributed by atoms with E-state index in [-0.39, 0.29) is 23.0 Å². The zero-order chi connectivity index (χ0) is 16.1. The monoisotopic (exact) mass is 338 g/mol. The van der Waals surface area contributed by atoms with Crippen molar-refractivity contribution in [3.8, 4) is 0 Å². The second-order valence-corrected chi connectivity index (χ2v) is 11.1. The summed E-state index contributed by atoms with van der Waals surface area (Å²) >= 11 is 0. The standard InChI is InChI=1S/C12H22N2O5S2/c1-11(4-6-20(16,17)8-11)13-10(15)14(3)12(2)5-7-21(18,19)9-12/h4-9H2,1-3H3,(H,13,15)/t11-,12+/m1/s1. The van der Waals surface area contributed by atoms with Crippen molar-refractivity contribution in [2.75, 3.05) is 30.1 Å². The van der Waals surface area contributed by atoms with Gasteiger partial charge in [0.15, 0.2) is 19.7 Å². The molecule has 2 fully saturated rings. The molecule has 0 aliphatic carbocycles. The van der Waals surface area contributed by atoms with E-state index in [1.165, 1.54) is 4.90 Å². The minimum atomic E-state index is -3.11. The van der Waals surface area contributed by atoms with E-state index in [0.29, 0.717) is 12.8 Å². The molecule has 0 radical (unpaired) electrons. The maximum Gasteiger partial charge on any atom is 0.318 e. The first-order valence-corrected chi connectivity index (χ1v) is 10.5. The lowest BCUT2D eigenvalue weighted by atomic mass is 9.99. The lowest BCUT2D eigenvalue weighted by Crippen LogP contribution is -2.57. The average Bonchev–Trinajstić information content (AvgIpc) is 2.75. The van der Waals surface area contributed by atoms with Gasteiger partial charge in [-0.3, -0.25) is 0 Å². The van der Waals surface area contributed by atoms with Crippen molar-refractivity contribution >= 4 is 25.7 Å². The molecule has 0 unspecified atom stereocenters. The Morgan fingerprint density at radius 3 is 1.95 bits per heavy atom. The van der Waals surface area contributed by atoms with E-state index in [1.807, 2.05) is 0 Å². The van der Waals surface area contributed by atoms with E-state index in [0.717, 1.165) is 0 Å². The molecule has 9 heteroatoms. The summed E-state index contributed by atoms with van der Waals surface area (Å²) < 4.78 is 46.4. The van der Waals surface area contributed by atoms with Gasteiger partial charge in [0, 0.05) is 7.05 Å². The van der Waals surface area contributed by atoms with E-state index in [9.17, 15) is 21.6 Å². The molecule has 2 aliphatic rings. The Balaban J connectivity index is 2.08. The summed E-state index contributed by atoms with van der Waals surface area (Å²) in [7, 11) is -4.66. The Hall–Kier alpha value is -0.830. The molecule has 2 saturated heterocycles. The van der Waals surface area contributed by atoms with Gasteiger partial charge >= 0.3 is 6.03 Å². The lowest BCUT2D eigenvalue weighted by molar-refractivity contribution is 0.151. The molecule has 2 amide bonds. The zero-order valence-corrected chi connectivity index (χ0v) is 14.2. The smallest absolute Gasteiger partial charge is 0.318 e. The Labute approximate surface area is 125 Å². The van der Waals surface area contributed by atoms with Gasteiger partial charge in [0.25, 0.3) is 0 Å². The van der Waals surface area contributed by atoms with Gasteiger partial charge < -0.3 is 10.2 Å². The molecule has 2 atom stereocenters. The Morgan fingerprint density at radius 1 is 1.00 bits per heavy atom. The van der Waals surface area contributed by atoms with E-state index in [1.54, 1.807) is 20.9 Å². The van der Waals surface area contributed by atoms with E-state index in [4.69, 9.17) is 0 Å². The van der Waals surface area contributed by atoms with E-state index < -0.39 is 36.8 Å². The predicted octanol–water partition coefficient (Wildman–Crippen LogP) is -0.218. The molecule has 2 rings (SSSR count). The number of hydrogen-bond donors (Lipinski definition) is 1. The number of hydrogen-bond acceptors (Lipinski definition) is 5. The minimum absolute atomic E-state index is 0.0566. The number of carbonyl (C=O) groups excluding carboxylic acids is 1. The Morgan fingerprint density at radius 2 is 1.52 bits per heavy atom. The van der Waals surface area contributed by atoms with E-state index in [2.05, 4.69) is 5.32 Å². The van der Waals surface area contributed by atoms with Crippen LogP contribution in [0.15, 0.2) is 0 Å². The van der Waals surface area contributed by atoms with Gasteiger partial charge in [-0.2, -0.15) is 0 Å². The second kappa shape index (κ2) is 4.84. The SMILES string of the molecule is CN(C(=O)N[C@]1(C)CCS(=O)(=O)C1)[C@@]1(C)CCS(=O)(=O)C1. The van der Waals surface area contributed by atoms with Crippen LogP contribution in [0, 0.1) is 0 Å². The third-order valence-corrected chi connectivity index (χ3v) is 8.30. The highest BCUT2D eigenvalue weighted by Gasteiger charge is 2.45. The molecule has 0 spiro atoms. The van der Waals surface area contributed by atoms with Crippen molar-refractivity contribution in [3.63, 3.8) is 0 Å². The molecule has 0 aromatic heterocycles. The first-order chi connectivity index (χ1) is 9.37. The minimum Gasteiger partial charge on any atom is -0.332 e. The van der Waals surface area contributed by atoms with Gasteiger partial charge in [0.2, 0.25) is 0 Å². The summed E-state index contributed by atoms with van der Waals surface area (Å²) in [6, 6.07) is -0.422. The van der Waals surface area contributed by atoms with Crippen molar-refractivity contribution in [2.24, 2.45) is 0 Å². The normalized spacial score (nSPS) is 37.3. The molecule has 0 aromatic rings. The molecule has 0 bridgehead atoms. The summed E-state index contributed by atoms with van der Waals surface area (Å²) in [6.07, 6.45) is 0.776. The number of sulfone groups is 2. The van der Waals surface area contributed by atoms with Crippen molar-refractivity contribution < 1.29 is 21.6 Å². The van der Waals surface area contributed by atoms with E-state index >= 15 is 0 Å². The van der Waals surface area contributed by atoms with Crippen LogP contribution in [0.1, 0.15) is 26.7 Å². The highest BCUT2D eigenvalue weighted by Crippen LogP contribution is 2.29. The fourth-order valence-corrected chi connectivity index (χ4v) is 7.23. The van der Waals surface area contributed by atoms with Gasteiger partial charge in [-0.1, -0.05) is 0 Å². The van der Waals surface area contributed by atoms with Gasteiger partial charge in [-0.15, -0.1) is 0 Å². The quantitative estimate of drug-likeness (QED) is 0.750. The average molecular weight is 338 g/mol. The number of urea groups is 1. The van der Waals surface area contributed by atoms with Crippen LogP contribution in [-0.4, -0.2) is 68.9 Å². The Kier molecular flexibility index (Phi) is 3.81. The third-order valence-electron chi connectivity index (χ3n) is 4.51. The molecule has 122 valence electrons. The molecule has 0 aromatic carbocycles. The van der Waals surface area contributed by atoms with Crippen LogP contribution in [-0.2, 0) is 19.7 Å². The highest BCUT2D eigenvalue weighted by atomic mass is 32.2. The van der Waals surface area contributed by atoms with Crippen molar-refractivity contribution in [1.29, 1.82) is 0 Å². The molecular weight excluding hydrogens is 316 g/mol. The predicted molar refractivity (Wildman–Crippen MR) is 79.6 cm³/mol. The van der Waals surface area contributed by atoms with Crippen LogP contribution >= 0.6 is 0 Å².